The van der Waals surface area contributed by atoms with E-state index in [1.165, 1.54) is 55.7 Å². The van der Waals surface area contributed by atoms with Crippen molar-refractivity contribution < 1.29 is 0 Å². The summed E-state index contributed by atoms with van der Waals surface area (Å²) in [6.07, 6.45) is 8.75. The smallest absolute Gasteiger partial charge is 0.0108 e. The van der Waals surface area contributed by atoms with Gasteiger partial charge in [0.1, 0.15) is 0 Å². The van der Waals surface area contributed by atoms with Gasteiger partial charge in [-0.25, -0.2) is 0 Å². The molecule has 0 amide bonds. The van der Waals surface area contributed by atoms with Crippen molar-refractivity contribution in [2.24, 2.45) is 5.92 Å². The van der Waals surface area contributed by atoms with E-state index in [2.05, 4.69) is 29.6 Å². The lowest BCUT2D eigenvalue weighted by atomic mass is 9.87. The van der Waals surface area contributed by atoms with Crippen LogP contribution in [-0.4, -0.2) is 18.8 Å². The first-order chi connectivity index (χ1) is 9.43. The summed E-state index contributed by atoms with van der Waals surface area (Å²) < 4.78 is 0. The lowest BCUT2D eigenvalue weighted by Crippen LogP contribution is -2.24. The summed E-state index contributed by atoms with van der Waals surface area (Å²) >= 11 is 2.02. The Bertz CT molecular complexity index is 398. The van der Waals surface area contributed by atoms with Crippen molar-refractivity contribution in [1.29, 1.82) is 0 Å². The Balaban J connectivity index is 1.39. The van der Waals surface area contributed by atoms with Crippen molar-refractivity contribution in [3.63, 3.8) is 0 Å². The second kappa shape index (κ2) is 6.81. The van der Waals surface area contributed by atoms with Gasteiger partial charge in [-0.3, -0.25) is 0 Å². The molecule has 1 aromatic carbocycles. The molecule has 1 nitrogen and oxygen atoms in total. The monoisotopic (exact) mass is 275 g/mol. The number of hydrogen-bond acceptors (Lipinski definition) is 2. The highest BCUT2D eigenvalue weighted by atomic mass is 32.2. The molecule has 0 aromatic heterocycles. The van der Waals surface area contributed by atoms with E-state index in [-0.39, 0.29) is 0 Å². The van der Waals surface area contributed by atoms with Crippen molar-refractivity contribution >= 4 is 11.8 Å². The summed E-state index contributed by atoms with van der Waals surface area (Å²) in [7, 11) is 0. The van der Waals surface area contributed by atoms with Gasteiger partial charge in [0, 0.05) is 23.1 Å². The first-order valence-corrected chi connectivity index (χ1v) is 8.84. The summed E-state index contributed by atoms with van der Waals surface area (Å²) in [5.41, 5.74) is 1.57. The van der Waals surface area contributed by atoms with E-state index in [4.69, 9.17) is 0 Å². The molecule has 1 aromatic rings. The third-order valence-corrected chi connectivity index (χ3v) is 5.90. The summed E-state index contributed by atoms with van der Waals surface area (Å²) in [4.78, 5) is 1.50. The first-order valence-electron chi connectivity index (χ1n) is 7.86. The minimum atomic E-state index is 0.729. The van der Waals surface area contributed by atoms with Gasteiger partial charge in [0.05, 0.1) is 0 Å². The number of rotatable bonds is 5. The van der Waals surface area contributed by atoms with Crippen LogP contribution < -0.4 is 5.32 Å². The molecular formula is C17H25NS. The molecule has 0 radical (unpaired) electrons. The van der Waals surface area contributed by atoms with Gasteiger partial charge in [0.15, 0.2) is 0 Å². The van der Waals surface area contributed by atoms with E-state index in [0.29, 0.717) is 0 Å². The van der Waals surface area contributed by atoms with Crippen LogP contribution in [0.25, 0.3) is 0 Å². The molecule has 0 saturated heterocycles. The molecule has 1 atom stereocenters. The fourth-order valence-electron chi connectivity index (χ4n) is 3.46. The molecule has 2 aliphatic rings. The van der Waals surface area contributed by atoms with Crippen molar-refractivity contribution in [2.45, 2.75) is 49.3 Å². The highest BCUT2D eigenvalue weighted by Crippen LogP contribution is 2.38. The second-order valence-corrected chi connectivity index (χ2v) is 7.10. The highest BCUT2D eigenvalue weighted by Gasteiger charge is 2.22. The number of hydrogen-bond donors (Lipinski definition) is 1. The number of benzene rings is 1. The zero-order valence-corrected chi connectivity index (χ0v) is 12.6. The minimum absolute atomic E-state index is 0.729. The van der Waals surface area contributed by atoms with Gasteiger partial charge in [-0.05, 0) is 30.5 Å². The molecule has 1 heterocycles. The van der Waals surface area contributed by atoms with Crippen LogP contribution in [0.2, 0.25) is 0 Å². The minimum Gasteiger partial charge on any atom is -0.316 e. The molecular weight excluding hydrogens is 250 g/mol. The Kier molecular flexibility index (Phi) is 4.84. The first kappa shape index (κ1) is 13.5. The topological polar surface area (TPSA) is 12.0 Å². The fraction of sp³-hybridized carbons (Fsp3) is 0.647. The molecule has 1 fully saturated rings. The molecule has 19 heavy (non-hydrogen) atoms. The van der Waals surface area contributed by atoms with Gasteiger partial charge in [-0.1, -0.05) is 50.3 Å². The van der Waals surface area contributed by atoms with E-state index in [1.807, 2.05) is 11.8 Å². The Morgan fingerprint density at radius 2 is 1.95 bits per heavy atom. The summed E-state index contributed by atoms with van der Waals surface area (Å²) in [5.74, 6) is 2.99. The summed E-state index contributed by atoms with van der Waals surface area (Å²) in [5, 5.41) is 3.70. The van der Waals surface area contributed by atoms with Crippen molar-refractivity contribution in [3.8, 4) is 0 Å². The molecule has 0 bridgehead atoms. The maximum atomic E-state index is 3.70. The molecule has 1 aliphatic carbocycles. The van der Waals surface area contributed by atoms with Crippen LogP contribution in [0.1, 0.15) is 50.0 Å². The Morgan fingerprint density at radius 1 is 1.11 bits per heavy atom. The lowest BCUT2D eigenvalue weighted by molar-refractivity contribution is 0.333. The standard InChI is InChI=1S/C17H25NS/c1-2-6-14(7-3-1)10-11-18-12-15-13-19-17-9-5-4-8-16(15)17/h4-5,8-9,14-15,18H,1-3,6-7,10-13H2. The average molecular weight is 275 g/mol. The number of nitrogens with one attached hydrogen (secondary N) is 1. The predicted molar refractivity (Wildman–Crippen MR) is 84.0 cm³/mol. The van der Waals surface area contributed by atoms with E-state index in [1.54, 1.807) is 5.56 Å². The SMILES string of the molecule is c1ccc2c(c1)SCC2CNCCC1CCCCC1. The quantitative estimate of drug-likeness (QED) is 0.798. The zero-order chi connectivity index (χ0) is 12.9. The Labute approximate surface area is 121 Å². The average Bonchev–Trinajstić information content (AvgIpc) is 2.88. The third-order valence-electron chi connectivity index (χ3n) is 4.64. The van der Waals surface area contributed by atoms with E-state index in [0.717, 1.165) is 18.4 Å². The van der Waals surface area contributed by atoms with Gasteiger partial charge in [-0.15, -0.1) is 11.8 Å². The van der Waals surface area contributed by atoms with Crippen LogP contribution in [0.4, 0.5) is 0 Å². The largest absolute Gasteiger partial charge is 0.316 e. The Hall–Kier alpha value is -0.470. The van der Waals surface area contributed by atoms with Crippen LogP contribution in [0.3, 0.4) is 0 Å². The van der Waals surface area contributed by atoms with Crippen LogP contribution in [0, 0.1) is 5.92 Å². The van der Waals surface area contributed by atoms with E-state index >= 15 is 0 Å². The van der Waals surface area contributed by atoms with Gasteiger partial charge in [0.2, 0.25) is 0 Å². The highest BCUT2D eigenvalue weighted by molar-refractivity contribution is 7.99. The maximum absolute atomic E-state index is 3.70. The zero-order valence-electron chi connectivity index (χ0n) is 11.7. The molecule has 2 heteroatoms. The molecule has 3 rings (SSSR count). The van der Waals surface area contributed by atoms with Crippen molar-refractivity contribution in [2.75, 3.05) is 18.8 Å². The third kappa shape index (κ3) is 3.55. The number of fused-ring (bicyclic) bond motifs is 1. The van der Waals surface area contributed by atoms with Crippen LogP contribution in [-0.2, 0) is 0 Å². The molecule has 0 spiro atoms. The van der Waals surface area contributed by atoms with E-state index in [9.17, 15) is 0 Å². The van der Waals surface area contributed by atoms with Crippen molar-refractivity contribution in [1.82, 2.24) is 5.32 Å². The van der Waals surface area contributed by atoms with Crippen LogP contribution >= 0.6 is 11.8 Å². The fourth-order valence-corrected chi connectivity index (χ4v) is 4.71. The second-order valence-electron chi connectivity index (χ2n) is 6.04. The summed E-state index contributed by atoms with van der Waals surface area (Å²) in [6.45, 7) is 2.38. The normalized spacial score (nSPS) is 23.5. The van der Waals surface area contributed by atoms with Crippen LogP contribution in [0.5, 0.6) is 0 Å². The molecule has 1 saturated carbocycles. The van der Waals surface area contributed by atoms with Crippen molar-refractivity contribution in [3.05, 3.63) is 29.8 Å². The van der Waals surface area contributed by atoms with Crippen LogP contribution in [0.15, 0.2) is 29.2 Å². The predicted octanol–water partition coefficient (Wildman–Crippen LogP) is 4.44. The van der Waals surface area contributed by atoms with E-state index < -0.39 is 0 Å². The Morgan fingerprint density at radius 3 is 2.84 bits per heavy atom. The van der Waals surface area contributed by atoms with Gasteiger partial charge in [-0.2, -0.15) is 0 Å². The number of thioether (sulfide) groups is 1. The van der Waals surface area contributed by atoms with Gasteiger partial charge >= 0.3 is 0 Å². The molecule has 1 aliphatic heterocycles. The maximum Gasteiger partial charge on any atom is 0.0108 e. The molecule has 104 valence electrons. The summed E-state index contributed by atoms with van der Waals surface area (Å²) in [6, 6.07) is 8.91. The van der Waals surface area contributed by atoms with Gasteiger partial charge in [0.25, 0.3) is 0 Å². The lowest BCUT2D eigenvalue weighted by Gasteiger charge is -2.22. The molecule has 1 unspecified atom stereocenters. The molecule has 1 N–H and O–H groups in total. The van der Waals surface area contributed by atoms with Gasteiger partial charge < -0.3 is 5.32 Å².